The number of nitrogens with two attached hydrogens (primary N) is 1. The van der Waals surface area contributed by atoms with Gasteiger partial charge in [-0.1, -0.05) is 31.2 Å². The van der Waals surface area contributed by atoms with Crippen LogP contribution in [0.25, 0.3) is 0 Å². The van der Waals surface area contributed by atoms with Gasteiger partial charge in [-0.3, -0.25) is 4.90 Å². The quantitative estimate of drug-likeness (QED) is 0.813. The van der Waals surface area contributed by atoms with Crippen LogP contribution in [-0.4, -0.2) is 24.0 Å². The van der Waals surface area contributed by atoms with E-state index in [1.54, 1.807) is 0 Å². The van der Waals surface area contributed by atoms with E-state index < -0.39 is 0 Å². The molecule has 1 fully saturated rings. The Bertz CT molecular complexity index is 305. The SMILES string of the molecule is CCc1ccc(CN2CCC(N)C2)cc1. The van der Waals surface area contributed by atoms with Gasteiger partial charge < -0.3 is 5.73 Å². The van der Waals surface area contributed by atoms with Crippen molar-refractivity contribution in [2.45, 2.75) is 32.4 Å². The van der Waals surface area contributed by atoms with Crippen molar-refractivity contribution in [1.29, 1.82) is 0 Å². The van der Waals surface area contributed by atoms with Crippen molar-refractivity contribution in [2.75, 3.05) is 13.1 Å². The Hall–Kier alpha value is -0.860. The molecule has 2 heteroatoms. The lowest BCUT2D eigenvalue weighted by atomic mass is 10.1. The average molecular weight is 204 g/mol. The van der Waals surface area contributed by atoms with E-state index in [0.29, 0.717) is 6.04 Å². The maximum absolute atomic E-state index is 5.88. The third-order valence-corrected chi connectivity index (χ3v) is 3.15. The molecule has 82 valence electrons. The van der Waals surface area contributed by atoms with Crippen molar-refractivity contribution in [3.8, 4) is 0 Å². The van der Waals surface area contributed by atoms with Crippen molar-refractivity contribution in [3.63, 3.8) is 0 Å². The van der Waals surface area contributed by atoms with E-state index in [4.69, 9.17) is 5.73 Å². The number of benzene rings is 1. The van der Waals surface area contributed by atoms with E-state index in [1.807, 2.05) is 0 Å². The standard InChI is InChI=1S/C13H20N2/c1-2-11-3-5-12(6-4-11)9-15-8-7-13(14)10-15/h3-6,13H,2,7-10,14H2,1H3. The van der Waals surface area contributed by atoms with Crippen LogP contribution in [0.1, 0.15) is 24.5 Å². The van der Waals surface area contributed by atoms with Gasteiger partial charge in [0, 0.05) is 25.7 Å². The second-order valence-corrected chi connectivity index (χ2v) is 4.45. The molecule has 1 atom stereocenters. The van der Waals surface area contributed by atoms with Gasteiger partial charge in [-0.2, -0.15) is 0 Å². The lowest BCUT2D eigenvalue weighted by Gasteiger charge is -2.15. The van der Waals surface area contributed by atoms with Gasteiger partial charge in [0.25, 0.3) is 0 Å². The van der Waals surface area contributed by atoms with Crippen molar-refractivity contribution in [1.82, 2.24) is 4.90 Å². The minimum absolute atomic E-state index is 0.389. The molecule has 1 unspecified atom stereocenters. The maximum atomic E-state index is 5.88. The van der Waals surface area contributed by atoms with Crippen LogP contribution in [0.3, 0.4) is 0 Å². The first kappa shape index (κ1) is 10.7. The summed E-state index contributed by atoms with van der Waals surface area (Å²) in [5.41, 5.74) is 8.70. The van der Waals surface area contributed by atoms with Crippen LogP contribution in [0, 0.1) is 0 Å². The van der Waals surface area contributed by atoms with Gasteiger partial charge >= 0.3 is 0 Å². The fraction of sp³-hybridized carbons (Fsp3) is 0.538. The molecule has 1 aromatic carbocycles. The van der Waals surface area contributed by atoms with E-state index in [1.165, 1.54) is 11.1 Å². The van der Waals surface area contributed by atoms with Gasteiger partial charge in [-0.15, -0.1) is 0 Å². The number of hydrogen-bond acceptors (Lipinski definition) is 2. The summed E-state index contributed by atoms with van der Waals surface area (Å²) in [4.78, 5) is 2.44. The molecule has 15 heavy (non-hydrogen) atoms. The van der Waals surface area contributed by atoms with Crippen LogP contribution in [0.15, 0.2) is 24.3 Å². The lowest BCUT2D eigenvalue weighted by Crippen LogP contribution is -2.26. The van der Waals surface area contributed by atoms with Gasteiger partial charge in [0.05, 0.1) is 0 Å². The second kappa shape index (κ2) is 4.77. The molecule has 0 aliphatic carbocycles. The lowest BCUT2D eigenvalue weighted by molar-refractivity contribution is 0.327. The molecule has 1 heterocycles. The summed E-state index contributed by atoms with van der Waals surface area (Å²) in [6.07, 6.45) is 2.27. The van der Waals surface area contributed by atoms with Gasteiger partial charge in [0.15, 0.2) is 0 Å². The summed E-state index contributed by atoms with van der Waals surface area (Å²) in [6.45, 7) is 5.44. The van der Waals surface area contributed by atoms with Crippen LogP contribution in [-0.2, 0) is 13.0 Å². The molecule has 1 saturated heterocycles. The highest BCUT2D eigenvalue weighted by atomic mass is 15.2. The number of rotatable bonds is 3. The first-order chi connectivity index (χ1) is 7.28. The number of likely N-dealkylation sites (tertiary alicyclic amines) is 1. The van der Waals surface area contributed by atoms with Gasteiger partial charge in [-0.25, -0.2) is 0 Å². The Kier molecular flexibility index (Phi) is 3.39. The normalized spacial score (nSPS) is 22.1. The highest BCUT2D eigenvalue weighted by Gasteiger charge is 2.18. The van der Waals surface area contributed by atoms with E-state index in [0.717, 1.165) is 32.5 Å². The molecule has 0 aromatic heterocycles. The molecule has 0 bridgehead atoms. The molecule has 2 nitrogen and oxygen atoms in total. The van der Waals surface area contributed by atoms with Crippen molar-refractivity contribution in [2.24, 2.45) is 5.73 Å². The highest BCUT2D eigenvalue weighted by Crippen LogP contribution is 2.13. The van der Waals surface area contributed by atoms with E-state index in [9.17, 15) is 0 Å². The summed E-state index contributed by atoms with van der Waals surface area (Å²) in [7, 11) is 0. The minimum atomic E-state index is 0.389. The largest absolute Gasteiger partial charge is 0.326 e. The molecule has 0 amide bonds. The fourth-order valence-electron chi connectivity index (χ4n) is 2.14. The molecule has 0 spiro atoms. The first-order valence-corrected chi connectivity index (χ1v) is 5.83. The van der Waals surface area contributed by atoms with Gasteiger partial charge in [-0.05, 0) is 24.0 Å². The zero-order chi connectivity index (χ0) is 10.7. The van der Waals surface area contributed by atoms with E-state index in [2.05, 4.69) is 36.1 Å². The summed E-state index contributed by atoms with van der Waals surface area (Å²) in [6, 6.07) is 9.32. The topological polar surface area (TPSA) is 29.3 Å². The van der Waals surface area contributed by atoms with E-state index in [-0.39, 0.29) is 0 Å². The van der Waals surface area contributed by atoms with Crippen molar-refractivity contribution in [3.05, 3.63) is 35.4 Å². The second-order valence-electron chi connectivity index (χ2n) is 4.45. The zero-order valence-corrected chi connectivity index (χ0v) is 9.45. The monoisotopic (exact) mass is 204 g/mol. The number of aryl methyl sites for hydroxylation is 1. The van der Waals surface area contributed by atoms with Crippen LogP contribution in [0.5, 0.6) is 0 Å². The minimum Gasteiger partial charge on any atom is -0.326 e. The molecule has 0 radical (unpaired) electrons. The smallest absolute Gasteiger partial charge is 0.0234 e. The Morgan fingerprint density at radius 2 is 1.93 bits per heavy atom. The third-order valence-electron chi connectivity index (χ3n) is 3.15. The average Bonchev–Trinajstić information content (AvgIpc) is 2.65. The summed E-state index contributed by atoms with van der Waals surface area (Å²) in [5.74, 6) is 0. The number of nitrogens with zero attached hydrogens (tertiary/aromatic N) is 1. The van der Waals surface area contributed by atoms with Crippen molar-refractivity contribution >= 4 is 0 Å². The molecule has 2 N–H and O–H groups in total. The van der Waals surface area contributed by atoms with Crippen LogP contribution in [0.4, 0.5) is 0 Å². The predicted octanol–water partition coefficient (Wildman–Crippen LogP) is 1.78. The van der Waals surface area contributed by atoms with Crippen LogP contribution < -0.4 is 5.73 Å². The third kappa shape index (κ3) is 2.80. The molecular weight excluding hydrogens is 184 g/mol. The molecule has 1 aliphatic heterocycles. The Labute approximate surface area is 92.1 Å². The summed E-state index contributed by atoms with van der Waals surface area (Å²) in [5, 5.41) is 0. The fourth-order valence-corrected chi connectivity index (χ4v) is 2.14. The van der Waals surface area contributed by atoms with Gasteiger partial charge in [0.2, 0.25) is 0 Å². The summed E-state index contributed by atoms with van der Waals surface area (Å²) >= 11 is 0. The predicted molar refractivity (Wildman–Crippen MR) is 63.7 cm³/mol. The maximum Gasteiger partial charge on any atom is 0.0234 e. The Morgan fingerprint density at radius 3 is 2.47 bits per heavy atom. The molecular formula is C13H20N2. The molecule has 1 aromatic rings. The number of hydrogen-bond donors (Lipinski definition) is 1. The Morgan fingerprint density at radius 1 is 1.27 bits per heavy atom. The Balaban J connectivity index is 1.93. The zero-order valence-electron chi connectivity index (χ0n) is 9.45. The first-order valence-electron chi connectivity index (χ1n) is 5.83. The van der Waals surface area contributed by atoms with Crippen molar-refractivity contribution < 1.29 is 0 Å². The highest BCUT2D eigenvalue weighted by molar-refractivity contribution is 5.22. The molecule has 2 rings (SSSR count). The van der Waals surface area contributed by atoms with Crippen LogP contribution >= 0.6 is 0 Å². The van der Waals surface area contributed by atoms with E-state index >= 15 is 0 Å². The summed E-state index contributed by atoms with van der Waals surface area (Å²) < 4.78 is 0. The van der Waals surface area contributed by atoms with Gasteiger partial charge in [0.1, 0.15) is 0 Å². The van der Waals surface area contributed by atoms with Crippen LogP contribution in [0.2, 0.25) is 0 Å². The molecule has 0 saturated carbocycles. The molecule has 1 aliphatic rings.